The molecule has 0 saturated carbocycles. The molecule has 122 valence electrons. The maximum Gasteiger partial charge on any atom is 0.0868 e. The van der Waals surface area contributed by atoms with Crippen molar-refractivity contribution in [1.29, 1.82) is 0 Å². The fourth-order valence-corrected chi connectivity index (χ4v) is 3.79. The largest absolute Gasteiger partial charge is 0.392 e. The Labute approximate surface area is 136 Å². The summed E-state index contributed by atoms with van der Waals surface area (Å²) in [5.41, 5.74) is 6.24. The van der Waals surface area contributed by atoms with Gasteiger partial charge in [-0.25, -0.2) is 0 Å². The molecule has 0 aromatic rings. The van der Waals surface area contributed by atoms with Crippen LogP contribution in [-0.2, 0) is 0 Å². The number of nitrogens with two attached hydrogens (primary N) is 1. The Kier molecular flexibility index (Phi) is 8.98. The van der Waals surface area contributed by atoms with Crippen molar-refractivity contribution in [2.75, 3.05) is 0 Å². The Balaban J connectivity index is 2.55. The molecule has 1 aliphatic heterocycles. The standard InChI is InChI=1S/C18H34N2S/c1-4-6-8-10-14-18(3,15-11-9-7-5-2)20-16-12-13-17(19)21-20/h12-13,16H,4-11,14-15,19H2,1-3H3. The van der Waals surface area contributed by atoms with Crippen LogP contribution < -0.4 is 5.73 Å². The fraction of sp³-hybridized carbons (Fsp3) is 0.778. The summed E-state index contributed by atoms with van der Waals surface area (Å²) in [6.45, 7) is 6.97. The first kappa shape index (κ1) is 18.5. The third-order valence-electron chi connectivity index (χ3n) is 4.36. The molecule has 1 rings (SSSR count). The SMILES string of the molecule is CCCCCCC(C)(CCCCCC)N1C=CC=C(N)S1. The van der Waals surface area contributed by atoms with Crippen molar-refractivity contribution < 1.29 is 0 Å². The predicted molar refractivity (Wildman–Crippen MR) is 96.8 cm³/mol. The highest BCUT2D eigenvalue weighted by Crippen LogP contribution is 2.37. The Morgan fingerprint density at radius 2 is 1.57 bits per heavy atom. The monoisotopic (exact) mass is 310 g/mol. The Bertz CT molecular complexity index is 324. The molecule has 0 unspecified atom stereocenters. The van der Waals surface area contributed by atoms with Gasteiger partial charge < -0.3 is 10.0 Å². The first-order valence-corrected chi connectivity index (χ1v) is 9.51. The summed E-state index contributed by atoms with van der Waals surface area (Å²) in [5.74, 6) is 0. The molecule has 3 heteroatoms. The lowest BCUT2D eigenvalue weighted by molar-refractivity contribution is 0.230. The number of hydrogen-bond donors (Lipinski definition) is 1. The average molecular weight is 311 g/mol. The van der Waals surface area contributed by atoms with Gasteiger partial charge in [0.2, 0.25) is 0 Å². The van der Waals surface area contributed by atoms with Crippen LogP contribution in [0, 0.1) is 0 Å². The molecule has 0 aliphatic carbocycles. The van der Waals surface area contributed by atoms with Crippen molar-refractivity contribution in [2.45, 2.75) is 90.5 Å². The van der Waals surface area contributed by atoms with Crippen LogP contribution in [0.5, 0.6) is 0 Å². The normalized spacial score (nSPS) is 15.4. The van der Waals surface area contributed by atoms with E-state index in [1.54, 1.807) is 11.9 Å². The van der Waals surface area contributed by atoms with E-state index in [9.17, 15) is 0 Å². The van der Waals surface area contributed by atoms with Crippen molar-refractivity contribution in [1.82, 2.24) is 4.31 Å². The molecule has 0 bridgehead atoms. The van der Waals surface area contributed by atoms with Gasteiger partial charge in [0.05, 0.1) is 5.03 Å². The summed E-state index contributed by atoms with van der Waals surface area (Å²) in [4.78, 5) is 0. The summed E-state index contributed by atoms with van der Waals surface area (Å²) >= 11 is 1.71. The zero-order valence-electron chi connectivity index (χ0n) is 14.2. The summed E-state index contributed by atoms with van der Waals surface area (Å²) in [5, 5.41) is 0.908. The van der Waals surface area contributed by atoms with E-state index in [0.29, 0.717) is 0 Å². The van der Waals surface area contributed by atoms with E-state index in [-0.39, 0.29) is 5.54 Å². The van der Waals surface area contributed by atoms with E-state index in [4.69, 9.17) is 5.73 Å². The van der Waals surface area contributed by atoms with Gasteiger partial charge in [-0.05, 0) is 31.9 Å². The van der Waals surface area contributed by atoms with Crippen LogP contribution >= 0.6 is 11.9 Å². The molecule has 1 heterocycles. The Hall–Kier alpha value is -0.570. The molecule has 2 N–H and O–H groups in total. The molecule has 0 saturated heterocycles. The average Bonchev–Trinajstić information content (AvgIpc) is 2.48. The number of allylic oxidation sites excluding steroid dienone is 2. The van der Waals surface area contributed by atoms with Gasteiger partial charge in [0, 0.05) is 23.7 Å². The maximum atomic E-state index is 6.01. The zero-order chi connectivity index (χ0) is 15.6. The van der Waals surface area contributed by atoms with E-state index in [0.717, 1.165) is 5.03 Å². The summed E-state index contributed by atoms with van der Waals surface area (Å²) < 4.78 is 2.40. The second-order valence-corrected chi connectivity index (χ2v) is 7.49. The molecule has 21 heavy (non-hydrogen) atoms. The lowest BCUT2D eigenvalue weighted by Gasteiger charge is -2.41. The predicted octanol–water partition coefficient (Wildman–Crippen LogP) is 5.96. The first-order chi connectivity index (χ1) is 10.1. The minimum Gasteiger partial charge on any atom is -0.392 e. The molecule has 0 aromatic carbocycles. The second-order valence-electron chi connectivity index (χ2n) is 6.45. The number of nitrogens with zero attached hydrogens (tertiary/aromatic N) is 1. The van der Waals surface area contributed by atoms with Gasteiger partial charge in [-0.15, -0.1) is 0 Å². The smallest absolute Gasteiger partial charge is 0.0868 e. The topological polar surface area (TPSA) is 29.3 Å². The van der Waals surface area contributed by atoms with Gasteiger partial charge in [-0.3, -0.25) is 0 Å². The molecule has 2 nitrogen and oxygen atoms in total. The van der Waals surface area contributed by atoms with E-state index in [1.165, 1.54) is 64.2 Å². The molecular weight excluding hydrogens is 276 g/mol. The molecule has 0 spiro atoms. The fourth-order valence-electron chi connectivity index (χ4n) is 2.89. The van der Waals surface area contributed by atoms with Crippen LogP contribution in [0.15, 0.2) is 23.4 Å². The maximum absolute atomic E-state index is 6.01. The van der Waals surface area contributed by atoms with E-state index < -0.39 is 0 Å². The lowest BCUT2D eigenvalue weighted by atomic mass is 9.88. The molecule has 0 aromatic heterocycles. The highest BCUT2D eigenvalue weighted by Gasteiger charge is 2.30. The Morgan fingerprint density at radius 3 is 2.05 bits per heavy atom. The first-order valence-electron chi connectivity index (χ1n) is 8.73. The van der Waals surface area contributed by atoms with Gasteiger partial charge in [0.15, 0.2) is 0 Å². The molecule has 0 amide bonds. The van der Waals surface area contributed by atoms with Crippen LogP contribution in [-0.4, -0.2) is 9.84 Å². The summed E-state index contributed by atoms with van der Waals surface area (Å²) in [6.07, 6.45) is 19.5. The van der Waals surface area contributed by atoms with Gasteiger partial charge in [-0.2, -0.15) is 0 Å². The number of rotatable bonds is 11. The van der Waals surface area contributed by atoms with Crippen molar-refractivity contribution in [3.8, 4) is 0 Å². The molecule has 0 atom stereocenters. The molecule has 0 fully saturated rings. The van der Waals surface area contributed by atoms with Crippen molar-refractivity contribution in [2.24, 2.45) is 5.73 Å². The molecule has 0 radical (unpaired) electrons. The van der Waals surface area contributed by atoms with E-state index in [2.05, 4.69) is 37.4 Å². The van der Waals surface area contributed by atoms with Crippen molar-refractivity contribution in [3.63, 3.8) is 0 Å². The summed E-state index contributed by atoms with van der Waals surface area (Å²) in [7, 11) is 0. The summed E-state index contributed by atoms with van der Waals surface area (Å²) in [6, 6.07) is 0. The van der Waals surface area contributed by atoms with Gasteiger partial charge in [0.1, 0.15) is 0 Å². The quantitative estimate of drug-likeness (QED) is 0.377. The second kappa shape index (κ2) is 10.2. The highest BCUT2D eigenvalue weighted by molar-refractivity contribution is 8.00. The van der Waals surface area contributed by atoms with Crippen molar-refractivity contribution in [3.05, 3.63) is 23.4 Å². The minimum atomic E-state index is 0.238. The van der Waals surface area contributed by atoms with Crippen LogP contribution in [0.4, 0.5) is 0 Å². The molecular formula is C18H34N2S. The van der Waals surface area contributed by atoms with Crippen LogP contribution in [0.25, 0.3) is 0 Å². The van der Waals surface area contributed by atoms with Crippen LogP contribution in [0.1, 0.15) is 85.0 Å². The third kappa shape index (κ3) is 6.82. The van der Waals surface area contributed by atoms with E-state index >= 15 is 0 Å². The minimum absolute atomic E-state index is 0.238. The van der Waals surface area contributed by atoms with Crippen molar-refractivity contribution >= 4 is 11.9 Å². The van der Waals surface area contributed by atoms with Gasteiger partial charge in [0.25, 0.3) is 0 Å². The third-order valence-corrected chi connectivity index (χ3v) is 5.46. The number of hydrogen-bond acceptors (Lipinski definition) is 3. The lowest BCUT2D eigenvalue weighted by Crippen LogP contribution is -2.40. The van der Waals surface area contributed by atoms with Crippen LogP contribution in [0.2, 0.25) is 0 Å². The van der Waals surface area contributed by atoms with Gasteiger partial charge in [-0.1, -0.05) is 65.2 Å². The van der Waals surface area contributed by atoms with E-state index in [1.807, 2.05) is 6.08 Å². The molecule has 1 aliphatic rings. The van der Waals surface area contributed by atoms with Crippen LogP contribution in [0.3, 0.4) is 0 Å². The Morgan fingerprint density at radius 1 is 1.00 bits per heavy atom. The highest BCUT2D eigenvalue weighted by atomic mass is 32.2. The van der Waals surface area contributed by atoms with Gasteiger partial charge >= 0.3 is 0 Å². The number of unbranched alkanes of at least 4 members (excludes halogenated alkanes) is 6. The zero-order valence-corrected chi connectivity index (χ0v) is 15.1.